The molecule has 1 aromatic heterocycles. The average Bonchev–Trinajstić information content (AvgIpc) is 2.35. The van der Waals surface area contributed by atoms with Crippen LogP contribution in [-0.4, -0.2) is 40.0 Å². The van der Waals surface area contributed by atoms with Gasteiger partial charge in [-0.1, -0.05) is 6.07 Å². The van der Waals surface area contributed by atoms with Crippen LogP contribution >= 0.6 is 11.8 Å². The monoisotopic (exact) mass is 268 g/mol. The number of thioether (sulfide) groups is 1. The van der Waals surface area contributed by atoms with Gasteiger partial charge in [-0.2, -0.15) is 11.8 Å². The third-order valence-corrected chi connectivity index (χ3v) is 2.96. The van der Waals surface area contributed by atoms with Crippen molar-refractivity contribution >= 4 is 23.6 Å². The summed E-state index contributed by atoms with van der Waals surface area (Å²) >= 11 is 1.55. The second-order valence-corrected chi connectivity index (χ2v) is 4.72. The number of rotatable bonds is 7. The first kappa shape index (κ1) is 14.5. The molecule has 0 aromatic carbocycles. The van der Waals surface area contributed by atoms with Crippen LogP contribution in [0, 0.1) is 0 Å². The molecule has 0 radical (unpaired) electrons. The number of carboxylic acids is 1. The Labute approximate surface area is 110 Å². The zero-order chi connectivity index (χ0) is 13.4. The molecule has 1 aromatic rings. The summed E-state index contributed by atoms with van der Waals surface area (Å²) in [5.74, 6) is -0.624. The highest BCUT2D eigenvalue weighted by atomic mass is 32.2. The summed E-state index contributed by atoms with van der Waals surface area (Å²) in [4.78, 5) is 26.6. The summed E-state index contributed by atoms with van der Waals surface area (Å²) < 4.78 is 0. The highest BCUT2D eigenvalue weighted by Crippen LogP contribution is 2.02. The van der Waals surface area contributed by atoms with Crippen LogP contribution in [0.5, 0.6) is 0 Å². The number of carbonyl (C=O) groups is 2. The topological polar surface area (TPSA) is 79.3 Å². The summed E-state index contributed by atoms with van der Waals surface area (Å²) in [5, 5.41) is 11.5. The summed E-state index contributed by atoms with van der Waals surface area (Å²) in [6.07, 6.45) is 4.02. The van der Waals surface area contributed by atoms with Gasteiger partial charge < -0.3 is 10.4 Å². The highest BCUT2D eigenvalue weighted by molar-refractivity contribution is 7.98. The molecule has 0 spiro atoms. The van der Waals surface area contributed by atoms with Gasteiger partial charge in [0, 0.05) is 11.9 Å². The van der Waals surface area contributed by atoms with Crippen molar-refractivity contribution in [3.8, 4) is 0 Å². The number of carbonyl (C=O) groups excluding carboxylic acids is 1. The quantitative estimate of drug-likeness (QED) is 0.769. The van der Waals surface area contributed by atoms with Crippen molar-refractivity contribution in [2.24, 2.45) is 0 Å². The van der Waals surface area contributed by atoms with Gasteiger partial charge in [-0.25, -0.2) is 4.79 Å². The molecule has 5 nitrogen and oxygen atoms in total. The van der Waals surface area contributed by atoms with Gasteiger partial charge in [0.1, 0.15) is 6.04 Å². The fourth-order valence-corrected chi connectivity index (χ4v) is 1.88. The van der Waals surface area contributed by atoms with Crippen LogP contribution in [0.2, 0.25) is 0 Å². The largest absolute Gasteiger partial charge is 0.480 e. The maximum absolute atomic E-state index is 11.7. The summed E-state index contributed by atoms with van der Waals surface area (Å²) in [7, 11) is 0. The minimum absolute atomic E-state index is 0.101. The van der Waals surface area contributed by atoms with Gasteiger partial charge >= 0.3 is 5.97 Å². The number of nitrogens with one attached hydrogen (secondary N) is 1. The third kappa shape index (κ3) is 5.18. The van der Waals surface area contributed by atoms with Crippen LogP contribution in [0.3, 0.4) is 0 Å². The van der Waals surface area contributed by atoms with Crippen molar-refractivity contribution in [1.82, 2.24) is 10.3 Å². The molecule has 0 aliphatic rings. The molecule has 0 fully saturated rings. The Kier molecular flexibility index (Phi) is 6.21. The lowest BCUT2D eigenvalue weighted by Crippen LogP contribution is -2.41. The molecule has 1 atom stereocenters. The van der Waals surface area contributed by atoms with E-state index in [1.165, 1.54) is 0 Å². The first-order valence-corrected chi connectivity index (χ1v) is 6.94. The second kappa shape index (κ2) is 7.71. The van der Waals surface area contributed by atoms with Gasteiger partial charge in [-0.05, 0) is 30.6 Å². The molecule has 0 aliphatic heterocycles. The number of aromatic nitrogens is 1. The van der Waals surface area contributed by atoms with Gasteiger partial charge in [0.25, 0.3) is 0 Å². The fourth-order valence-electron chi connectivity index (χ4n) is 1.41. The van der Waals surface area contributed by atoms with Crippen LogP contribution in [0.25, 0.3) is 0 Å². The molecule has 0 unspecified atom stereocenters. The van der Waals surface area contributed by atoms with Crippen LogP contribution in [0.15, 0.2) is 24.4 Å². The number of pyridine rings is 1. The van der Waals surface area contributed by atoms with Gasteiger partial charge in [-0.15, -0.1) is 0 Å². The lowest BCUT2D eigenvalue weighted by molar-refractivity contribution is -0.141. The van der Waals surface area contributed by atoms with Crippen molar-refractivity contribution in [2.45, 2.75) is 18.9 Å². The van der Waals surface area contributed by atoms with Gasteiger partial charge in [-0.3, -0.25) is 9.78 Å². The normalized spacial score (nSPS) is 11.8. The summed E-state index contributed by atoms with van der Waals surface area (Å²) in [6.45, 7) is 0. The highest BCUT2D eigenvalue weighted by Gasteiger charge is 2.19. The molecule has 0 bridgehead atoms. The molecular formula is C12H16N2O3S. The Balaban J connectivity index is 2.48. The predicted molar refractivity (Wildman–Crippen MR) is 70.5 cm³/mol. The molecular weight excluding hydrogens is 252 g/mol. The summed E-state index contributed by atoms with van der Waals surface area (Å²) in [6, 6.07) is 4.46. The van der Waals surface area contributed by atoms with E-state index in [9.17, 15) is 9.59 Å². The Morgan fingerprint density at radius 3 is 2.83 bits per heavy atom. The van der Waals surface area contributed by atoms with E-state index in [0.29, 0.717) is 17.9 Å². The van der Waals surface area contributed by atoms with Crippen molar-refractivity contribution in [2.75, 3.05) is 12.0 Å². The predicted octanol–water partition coefficient (Wildman–Crippen LogP) is 0.947. The maximum Gasteiger partial charge on any atom is 0.326 e. The molecule has 1 rings (SSSR count). The van der Waals surface area contributed by atoms with Crippen molar-refractivity contribution in [1.29, 1.82) is 0 Å². The van der Waals surface area contributed by atoms with Gasteiger partial charge in [0.15, 0.2) is 0 Å². The number of nitrogens with zero attached hydrogens (tertiary/aromatic N) is 1. The lowest BCUT2D eigenvalue weighted by Gasteiger charge is -2.13. The van der Waals surface area contributed by atoms with Crippen molar-refractivity contribution in [3.05, 3.63) is 30.1 Å². The third-order valence-electron chi connectivity index (χ3n) is 2.31. The van der Waals surface area contributed by atoms with Crippen LogP contribution in [-0.2, 0) is 16.0 Å². The first-order chi connectivity index (χ1) is 8.63. The Hall–Kier alpha value is -1.56. The number of hydrogen-bond acceptors (Lipinski definition) is 4. The Morgan fingerprint density at radius 2 is 2.28 bits per heavy atom. The minimum atomic E-state index is -1.00. The molecule has 18 heavy (non-hydrogen) atoms. The molecule has 1 amide bonds. The second-order valence-electron chi connectivity index (χ2n) is 3.74. The van der Waals surface area contributed by atoms with E-state index < -0.39 is 12.0 Å². The molecule has 0 saturated heterocycles. The van der Waals surface area contributed by atoms with Crippen LogP contribution < -0.4 is 5.32 Å². The van der Waals surface area contributed by atoms with Crippen molar-refractivity contribution < 1.29 is 14.7 Å². The number of aliphatic carboxylic acids is 1. The summed E-state index contributed by atoms with van der Waals surface area (Å²) in [5.41, 5.74) is 0.629. The fraction of sp³-hybridized carbons (Fsp3) is 0.417. The van der Waals surface area contributed by atoms with E-state index in [1.807, 2.05) is 6.26 Å². The molecule has 0 saturated carbocycles. The minimum Gasteiger partial charge on any atom is -0.480 e. The molecule has 98 valence electrons. The SMILES string of the molecule is CSCC[C@@H](NC(=O)Cc1ccccn1)C(=O)O. The molecule has 2 N–H and O–H groups in total. The molecule has 6 heteroatoms. The van der Waals surface area contributed by atoms with Gasteiger partial charge in [0.2, 0.25) is 5.91 Å². The smallest absolute Gasteiger partial charge is 0.326 e. The van der Waals surface area contributed by atoms with Crippen molar-refractivity contribution in [3.63, 3.8) is 0 Å². The van der Waals surface area contributed by atoms with Crippen LogP contribution in [0.4, 0.5) is 0 Å². The number of carboxylic acid groups (broad SMARTS) is 1. The maximum atomic E-state index is 11.7. The number of amides is 1. The standard InChI is InChI=1S/C12H16N2O3S/c1-18-7-5-10(12(16)17)14-11(15)8-9-4-2-3-6-13-9/h2-4,6,10H,5,7-8H2,1H3,(H,14,15)(H,16,17)/t10-/m1/s1. The van der Waals surface area contributed by atoms with Crippen LogP contribution in [0.1, 0.15) is 12.1 Å². The molecule has 0 aliphatic carbocycles. The van der Waals surface area contributed by atoms with E-state index in [0.717, 1.165) is 0 Å². The zero-order valence-electron chi connectivity index (χ0n) is 10.1. The van der Waals surface area contributed by atoms with Gasteiger partial charge in [0.05, 0.1) is 6.42 Å². The zero-order valence-corrected chi connectivity index (χ0v) is 10.9. The van der Waals surface area contributed by atoms with E-state index in [1.54, 1.807) is 36.2 Å². The van der Waals surface area contributed by atoms with E-state index in [4.69, 9.17) is 5.11 Å². The average molecular weight is 268 g/mol. The van der Waals surface area contributed by atoms with E-state index >= 15 is 0 Å². The Morgan fingerprint density at radius 1 is 1.50 bits per heavy atom. The first-order valence-electron chi connectivity index (χ1n) is 5.54. The lowest BCUT2D eigenvalue weighted by atomic mass is 10.2. The molecule has 1 heterocycles. The van der Waals surface area contributed by atoms with E-state index in [2.05, 4.69) is 10.3 Å². The number of hydrogen-bond donors (Lipinski definition) is 2. The van der Waals surface area contributed by atoms with E-state index in [-0.39, 0.29) is 12.3 Å². The Bertz CT molecular complexity index is 398.